The lowest BCUT2D eigenvalue weighted by atomic mass is 10.0. The van der Waals surface area contributed by atoms with E-state index >= 15 is 0 Å². The minimum atomic E-state index is -3.99. The van der Waals surface area contributed by atoms with Crippen LogP contribution in [0.15, 0.2) is 30.3 Å². The number of rotatable bonds is 6. The Bertz CT molecular complexity index is 758. The van der Waals surface area contributed by atoms with Gasteiger partial charge >= 0.3 is 7.60 Å². The number of amides is 2. The lowest BCUT2D eigenvalue weighted by molar-refractivity contribution is -0.149. The molecule has 3 unspecified atom stereocenters. The maximum absolute atomic E-state index is 12.5. The molecule has 2 saturated heterocycles. The van der Waals surface area contributed by atoms with Gasteiger partial charge in [0.25, 0.3) is 5.91 Å². The number of thioether (sulfide) groups is 1. The third-order valence-corrected chi connectivity index (χ3v) is 8.17. The second kappa shape index (κ2) is 6.88. The number of benzene rings is 1. The summed E-state index contributed by atoms with van der Waals surface area (Å²) in [6.07, 6.45) is 0. The van der Waals surface area contributed by atoms with Crippen molar-refractivity contribution in [1.82, 2.24) is 10.2 Å². The van der Waals surface area contributed by atoms with Gasteiger partial charge in [0.05, 0.1) is 0 Å². The summed E-state index contributed by atoms with van der Waals surface area (Å²) in [4.78, 5) is 36.0. The van der Waals surface area contributed by atoms with E-state index in [-0.39, 0.29) is 6.61 Å². The van der Waals surface area contributed by atoms with Crippen molar-refractivity contribution < 1.29 is 28.3 Å². The zero-order chi connectivity index (χ0) is 19.1. The molecule has 0 aromatic heterocycles. The normalized spacial score (nSPS) is 28.7. The van der Waals surface area contributed by atoms with Crippen LogP contribution in [0.4, 0.5) is 0 Å². The molecule has 2 heterocycles. The van der Waals surface area contributed by atoms with E-state index in [0.717, 1.165) is 7.11 Å². The standard InChI is InChI=1S/C16H21N2O6PS/c1-16(2)15(25(21,22)23-3)18-13(20)12(14(18)26-16)17-11(19)9-24-10-7-5-4-6-8-10/h4-8,12,14-15H,9H2,1-3H3,(H,17,19)(H,21,22)/t12?,14-,15?/m1/s1. The Hall–Kier alpha value is -1.54. The van der Waals surface area contributed by atoms with Gasteiger partial charge in [-0.1, -0.05) is 18.2 Å². The molecular formula is C16H21N2O6PS. The van der Waals surface area contributed by atoms with Gasteiger partial charge in [-0.3, -0.25) is 14.2 Å². The fourth-order valence-corrected chi connectivity index (χ4v) is 6.99. The first kappa shape index (κ1) is 19.2. The Kier molecular flexibility index (Phi) is 5.09. The van der Waals surface area contributed by atoms with Crippen LogP contribution in [0.3, 0.4) is 0 Å². The van der Waals surface area contributed by atoms with E-state index in [0.29, 0.717) is 5.75 Å². The summed E-state index contributed by atoms with van der Waals surface area (Å²) < 4.78 is 21.8. The summed E-state index contributed by atoms with van der Waals surface area (Å²) in [5, 5.41) is 2.24. The molecule has 8 nitrogen and oxygen atoms in total. The van der Waals surface area contributed by atoms with Crippen LogP contribution in [0.5, 0.6) is 5.75 Å². The molecule has 10 heteroatoms. The number of β-lactam (4-membered cyclic amide) rings is 1. The summed E-state index contributed by atoms with van der Waals surface area (Å²) in [6, 6.07) is 8.14. The average molecular weight is 400 g/mol. The summed E-state index contributed by atoms with van der Waals surface area (Å²) in [5.74, 6) is -1.21. The van der Waals surface area contributed by atoms with Gasteiger partial charge in [0.1, 0.15) is 22.9 Å². The van der Waals surface area contributed by atoms with Crippen LogP contribution >= 0.6 is 19.4 Å². The van der Waals surface area contributed by atoms with Crippen LogP contribution in [-0.4, -0.2) is 57.3 Å². The van der Waals surface area contributed by atoms with Crippen LogP contribution in [0.25, 0.3) is 0 Å². The summed E-state index contributed by atoms with van der Waals surface area (Å²) >= 11 is 1.37. The molecule has 0 aliphatic carbocycles. The molecule has 26 heavy (non-hydrogen) atoms. The number of hydrogen-bond acceptors (Lipinski definition) is 6. The van der Waals surface area contributed by atoms with Gasteiger partial charge in [-0.15, -0.1) is 11.8 Å². The van der Waals surface area contributed by atoms with Crippen LogP contribution in [0.1, 0.15) is 13.8 Å². The molecule has 4 atom stereocenters. The Morgan fingerprint density at radius 2 is 2.04 bits per heavy atom. The number of nitrogens with zero attached hydrogens (tertiary/aromatic N) is 1. The molecule has 1 aromatic carbocycles. The Labute approximate surface area is 155 Å². The van der Waals surface area contributed by atoms with Crippen LogP contribution < -0.4 is 10.1 Å². The summed E-state index contributed by atoms with van der Waals surface area (Å²) in [5.41, 5.74) is 0. The Balaban J connectivity index is 1.63. The van der Waals surface area contributed by atoms with Gasteiger partial charge in [-0.25, -0.2) is 0 Å². The summed E-state index contributed by atoms with van der Waals surface area (Å²) in [6.45, 7) is 3.36. The van der Waals surface area contributed by atoms with E-state index in [1.807, 2.05) is 6.07 Å². The van der Waals surface area contributed by atoms with Gasteiger partial charge in [0.15, 0.2) is 6.61 Å². The average Bonchev–Trinajstić information content (AvgIpc) is 2.87. The minimum absolute atomic E-state index is 0.214. The first-order chi connectivity index (χ1) is 12.2. The van der Waals surface area contributed by atoms with Crippen molar-refractivity contribution in [1.29, 1.82) is 0 Å². The highest BCUT2D eigenvalue weighted by molar-refractivity contribution is 8.02. The smallest absolute Gasteiger partial charge is 0.351 e. The van der Waals surface area contributed by atoms with E-state index < -0.39 is 41.4 Å². The predicted octanol–water partition coefficient (Wildman–Crippen LogP) is 1.40. The van der Waals surface area contributed by atoms with Crippen molar-refractivity contribution in [3.63, 3.8) is 0 Å². The molecule has 2 fully saturated rings. The molecular weight excluding hydrogens is 379 g/mol. The van der Waals surface area contributed by atoms with E-state index in [1.165, 1.54) is 16.7 Å². The number of ether oxygens (including phenoxy) is 1. The van der Waals surface area contributed by atoms with Gasteiger partial charge in [-0.05, 0) is 26.0 Å². The molecule has 3 rings (SSSR count). The molecule has 1 aromatic rings. The van der Waals surface area contributed by atoms with Crippen LogP contribution in [0.2, 0.25) is 0 Å². The minimum Gasteiger partial charge on any atom is -0.484 e. The predicted molar refractivity (Wildman–Crippen MR) is 96.8 cm³/mol. The number of carbonyl (C=O) groups is 2. The SMILES string of the molecule is COP(=O)(O)C1N2C(=O)C(NC(=O)COc3ccccc3)[C@H]2SC1(C)C. The number of para-hydroxylation sites is 1. The third-order valence-electron chi connectivity index (χ3n) is 4.39. The molecule has 2 N–H and O–H groups in total. The van der Waals surface area contributed by atoms with Crippen molar-refractivity contribution in [2.24, 2.45) is 0 Å². The number of hydrogen-bond donors (Lipinski definition) is 2. The molecule has 2 aliphatic heterocycles. The second-order valence-electron chi connectivity index (χ2n) is 6.62. The molecule has 2 aliphatic rings. The molecule has 0 radical (unpaired) electrons. The van der Waals surface area contributed by atoms with Crippen LogP contribution in [-0.2, 0) is 18.7 Å². The molecule has 0 bridgehead atoms. The maximum atomic E-state index is 12.5. The highest BCUT2D eigenvalue weighted by Gasteiger charge is 2.66. The highest BCUT2D eigenvalue weighted by Crippen LogP contribution is 2.64. The molecule has 0 spiro atoms. The van der Waals surface area contributed by atoms with E-state index in [1.54, 1.807) is 38.1 Å². The van der Waals surface area contributed by atoms with Crippen LogP contribution in [0, 0.1) is 0 Å². The first-order valence-corrected chi connectivity index (χ1v) is 10.6. The lowest BCUT2D eigenvalue weighted by Crippen LogP contribution is -2.69. The van der Waals surface area contributed by atoms with Crippen molar-refractivity contribution in [2.75, 3.05) is 13.7 Å². The van der Waals surface area contributed by atoms with E-state index in [9.17, 15) is 19.0 Å². The molecule has 2 amide bonds. The largest absolute Gasteiger partial charge is 0.484 e. The highest BCUT2D eigenvalue weighted by atomic mass is 32.2. The zero-order valence-corrected chi connectivity index (χ0v) is 16.3. The Morgan fingerprint density at radius 3 is 2.65 bits per heavy atom. The van der Waals surface area contributed by atoms with Crippen molar-refractivity contribution >= 4 is 31.2 Å². The van der Waals surface area contributed by atoms with Gasteiger partial charge < -0.3 is 24.4 Å². The molecule has 0 saturated carbocycles. The van der Waals surface area contributed by atoms with Gasteiger partial charge in [0, 0.05) is 11.9 Å². The first-order valence-electron chi connectivity index (χ1n) is 8.03. The second-order valence-corrected chi connectivity index (χ2v) is 10.4. The maximum Gasteiger partial charge on any atom is 0.351 e. The monoisotopic (exact) mass is 400 g/mol. The number of nitrogens with one attached hydrogen (secondary N) is 1. The zero-order valence-electron chi connectivity index (χ0n) is 14.6. The van der Waals surface area contributed by atoms with Gasteiger partial charge in [-0.2, -0.15) is 0 Å². The molecule has 142 valence electrons. The number of fused-ring (bicyclic) bond motifs is 1. The Morgan fingerprint density at radius 1 is 1.38 bits per heavy atom. The topological polar surface area (TPSA) is 105 Å². The van der Waals surface area contributed by atoms with Crippen molar-refractivity contribution in [3.05, 3.63) is 30.3 Å². The van der Waals surface area contributed by atoms with Crippen molar-refractivity contribution in [3.8, 4) is 5.75 Å². The van der Waals surface area contributed by atoms with E-state index in [4.69, 9.17) is 9.26 Å². The number of carbonyl (C=O) groups excluding carboxylic acids is 2. The fraction of sp³-hybridized carbons (Fsp3) is 0.500. The summed E-state index contributed by atoms with van der Waals surface area (Å²) in [7, 11) is -2.84. The van der Waals surface area contributed by atoms with E-state index in [2.05, 4.69) is 5.32 Å². The van der Waals surface area contributed by atoms with Crippen molar-refractivity contribution in [2.45, 2.75) is 35.8 Å². The quantitative estimate of drug-likeness (QED) is 0.549. The third kappa shape index (κ3) is 3.36. The lowest BCUT2D eigenvalue weighted by Gasteiger charge is -2.45. The van der Waals surface area contributed by atoms with Gasteiger partial charge in [0.2, 0.25) is 5.91 Å². The fourth-order valence-electron chi connectivity index (χ4n) is 3.24.